The fourth-order valence-electron chi connectivity index (χ4n) is 0.925. The lowest BCUT2D eigenvalue weighted by molar-refractivity contribution is -0.133. The Balaban J connectivity index is 3.03. The lowest BCUT2D eigenvalue weighted by Crippen LogP contribution is -2.02. The van der Waals surface area contributed by atoms with Crippen LogP contribution in [0.25, 0.3) is 5.57 Å². The highest BCUT2D eigenvalue weighted by molar-refractivity contribution is 9.10. The van der Waals surface area contributed by atoms with Crippen molar-refractivity contribution < 1.29 is 13.9 Å². The molecule has 0 saturated carbocycles. The Labute approximate surface area is 89.5 Å². The van der Waals surface area contributed by atoms with Crippen LogP contribution in [0.4, 0.5) is 4.39 Å². The van der Waals surface area contributed by atoms with Gasteiger partial charge < -0.3 is 4.74 Å². The van der Waals surface area contributed by atoms with Crippen LogP contribution in [0.2, 0.25) is 0 Å². The standard InChI is InChI=1S/C10H8BrFO2/c1-6(10(13)14-2)7-3-4-9(12)8(11)5-7/h3-5H,1H2,2H3. The minimum absolute atomic E-state index is 0.202. The lowest BCUT2D eigenvalue weighted by Gasteiger charge is -2.04. The first-order valence-corrected chi connectivity index (χ1v) is 4.58. The van der Waals surface area contributed by atoms with Gasteiger partial charge in [0.05, 0.1) is 17.2 Å². The van der Waals surface area contributed by atoms with Gasteiger partial charge >= 0.3 is 5.97 Å². The van der Waals surface area contributed by atoms with Gasteiger partial charge in [0, 0.05) is 0 Å². The van der Waals surface area contributed by atoms with E-state index in [-0.39, 0.29) is 11.4 Å². The van der Waals surface area contributed by atoms with Crippen molar-refractivity contribution in [2.24, 2.45) is 0 Å². The molecule has 0 spiro atoms. The zero-order valence-corrected chi connectivity index (χ0v) is 9.10. The smallest absolute Gasteiger partial charge is 0.337 e. The van der Waals surface area contributed by atoms with Crippen molar-refractivity contribution in [1.82, 2.24) is 0 Å². The van der Waals surface area contributed by atoms with Crippen molar-refractivity contribution in [3.63, 3.8) is 0 Å². The van der Waals surface area contributed by atoms with Gasteiger partial charge in [-0.3, -0.25) is 0 Å². The molecule has 0 radical (unpaired) electrons. The predicted octanol–water partition coefficient (Wildman–Crippen LogP) is 2.77. The van der Waals surface area contributed by atoms with E-state index in [1.165, 1.54) is 25.3 Å². The number of halogens is 2. The summed E-state index contributed by atoms with van der Waals surface area (Å²) >= 11 is 3.02. The maximum Gasteiger partial charge on any atom is 0.337 e. The van der Waals surface area contributed by atoms with Crippen molar-refractivity contribution in [1.29, 1.82) is 0 Å². The average molecular weight is 259 g/mol. The minimum atomic E-state index is -0.525. The second kappa shape index (κ2) is 4.37. The maximum absolute atomic E-state index is 12.9. The minimum Gasteiger partial charge on any atom is -0.465 e. The highest BCUT2D eigenvalue weighted by Crippen LogP contribution is 2.21. The van der Waals surface area contributed by atoms with Crippen molar-refractivity contribution in [3.8, 4) is 0 Å². The Morgan fingerprint density at radius 1 is 1.57 bits per heavy atom. The summed E-state index contributed by atoms with van der Waals surface area (Å²) in [6.07, 6.45) is 0. The molecule has 0 heterocycles. The first-order valence-electron chi connectivity index (χ1n) is 3.79. The second-order valence-corrected chi connectivity index (χ2v) is 3.45. The molecule has 0 aliphatic heterocycles. The van der Waals surface area contributed by atoms with Gasteiger partial charge in [0.1, 0.15) is 5.82 Å². The molecular formula is C10H8BrFO2. The van der Waals surface area contributed by atoms with Gasteiger partial charge in [0.15, 0.2) is 0 Å². The summed E-state index contributed by atoms with van der Waals surface area (Å²) in [6.45, 7) is 3.55. The third-order valence-electron chi connectivity index (χ3n) is 1.70. The highest BCUT2D eigenvalue weighted by Gasteiger charge is 2.10. The average Bonchev–Trinajstić information content (AvgIpc) is 2.20. The Kier molecular flexibility index (Phi) is 3.41. The van der Waals surface area contributed by atoms with Crippen LogP contribution < -0.4 is 0 Å². The largest absolute Gasteiger partial charge is 0.465 e. The summed E-state index contributed by atoms with van der Waals surface area (Å²) in [5.41, 5.74) is 0.735. The van der Waals surface area contributed by atoms with Gasteiger partial charge in [0.25, 0.3) is 0 Å². The quantitative estimate of drug-likeness (QED) is 0.603. The van der Waals surface area contributed by atoms with Crippen molar-refractivity contribution >= 4 is 27.5 Å². The van der Waals surface area contributed by atoms with Gasteiger partial charge in [0.2, 0.25) is 0 Å². The summed E-state index contributed by atoms with van der Waals surface area (Å²) in [5, 5.41) is 0. The predicted molar refractivity (Wildman–Crippen MR) is 55.2 cm³/mol. The van der Waals surface area contributed by atoms with Crippen LogP contribution >= 0.6 is 15.9 Å². The highest BCUT2D eigenvalue weighted by atomic mass is 79.9. The number of esters is 1. The lowest BCUT2D eigenvalue weighted by atomic mass is 10.1. The molecule has 0 unspecified atom stereocenters. The van der Waals surface area contributed by atoms with Gasteiger partial charge in [-0.1, -0.05) is 12.6 Å². The molecule has 0 aliphatic carbocycles. The molecule has 1 rings (SSSR count). The van der Waals surface area contributed by atoms with Crippen molar-refractivity contribution in [2.45, 2.75) is 0 Å². The van der Waals surface area contributed by atoms with Gasteiger partial charge in [-0.05, 0) is 33.6 Å². The molecule has 74 valence electrons. The van der Waals surface area contributed by atoms with Crippen LogP contribution in [0.5, 0.6) is 0 Å². The fraction of sp³-hybridized carbons (Fsp3) is 0.100. The molecule has 0 N–H and O–H groups in total. The zero-order chi connectivity index (χ0) is 10.7. The number of methoxy groups -OCH3 is 1. The number of hydrogen-bond donors (Lipinski definition) is 0. The first-order chi connectivity index (χ1) is 6.56. The van der Waals surface area contributed by atoms with E-state index in [0.717, 1.165) is 0 Å². The molecule has 2 nitrogen and oxygen atoms in total. The first kappa shape index (κ1) is 10.9. The van der Waals surface area contributed by atoms with Gasteiger partial charge in [-0.2, -0.15) is 0 Å². The van der Waals surface area contributed by atoms with Gasteiger partial charge in [-0.25, -0.2) is 9.18 Å². The number of carbonyl (C=O) groups is 1. The summed E-state index contributed by atoms with van der Waals surface area (Å²) in [6, 6.07) is 4.21. The van der Waals surface area contributed by atoms with Crippen LogP contribution in [0.3, 0.4) is 0 Å². The van der Waals surface area contributed by atoms with E-state index in [9.17, 15) is 9.18 Å². The fourth-order valence-corrected chi connectivity index (χ4v) is 1.30. The molecule has 1 aromatic rings. The third kappa shape index (κ3) is 2.20. The number of ether oxygens (including phenoxy) is 1. The van der Waals surface area contributed by atoms with Crippen LogP contribution in [-0.2, 0) is 9.53 Å². The second-order valence-electron chi connectivity index (χ2n) is 2.60. The molecule has 14 heavy (non-hydrogen) atoms. The molecule has 0 aromatic heterocycles. The summed E-state index contributed by atoms with van der Waals surface area (Å²) in [5.74, 6) is -0.907. The van der Waals surface area contributed by atoms with Crippen LogP contribution in [-0.4, -0.2) is 13.1 Å². The molecule has 4 heteroatoms. The maximum atomic E-state index is 12.9. The van der Waals surface area contributed by atoms with E-state index < -0.39 is 5.97 Å². The SMILES string of the molecule is C=C(C(=O)OC)c1ccc(F)c(Br)c1. The number of carbonyl (C=O) groups excluding carboxylic acids is 1. The monoisotopic (exact) mass is 258 g/mol. The van der Waals surface area contributed by atoms with Crippen LogP contribution in [0.15, 0.2) is 29.3 Å². The van der Waals surface area contributed by atoms with E-state index in [1.54, 1.807) is 0 Å². The number of hydrogen-bond acceptors (Lipinski definition) is 2. The molecule has 0 bridgehead atoms. The Morgan fingerprint density at radius 2 is 2.21 bits per heavy atom. The van der Waals surface area contributed by atoms with Crippen molar-refractivity contribution in [3.05, 3.63) is 40.6 Å². The number of benzene rings is 1. The van der Waals surface area contributed by atoms with Crippen molar-refractivity contribution in [2.75, 3.05) is 7.11 Å². The molecule has 1 aromatic carbocycles. The van der Waals surface area contributed by atoms with E-state index in [2.05, 4.69) is 27.2 Å². The van der Waals surface area contributed by atoms with Crippen LogP contribution in [0, 0.1) is 5.82 Å². The molecule has 0 aliphatic rings. The van der Waals surface area contributed by atoms with E-state index in [0.29, 0.717) is 10.0 Å². The number of rotatable bonds is 2. The van der Waals surface area contributed by atoms with E-state index >= 15 is 0 Å². The molecule has 0 fully saturated rings. The molecule has 0 atom stereocenters. The Bertz CT molecular complexity index is 388. The van der Waals surface area contributed by atoms with E-state index in [4.69, 9.17) is 0 Å². The summed E-state index contributed by atoms with van der Waals surface area (Å²) in [7, 11) is 1.27. The Hall–Kier alpha value is -1.16. The summed E-state index contributed by atoms with van der Waals surface area (Å²) < 4.78 is 17.6. The normalized spacial score (nSPS) is 9.64. The molecule has 0 amide bonds. The van der Waals surface area contributed by atoms with Crippen LogP contribution in [0.1, 0.15) is 5.56 Å². The Morgan fingerprint density at radius 3 is 2.71 bits per heavy atom. The molecular weight excluding hydrogens is 251 g/mol. The molecule has 0 saturated heterocycles. The zero-order valence-electron chi connectivity index (χ0n) is 7.51. The van der Waals surface area contributed by atoms with Gasteiger partial charge in [-0.15, -0.1) is 0 Å². The van der Waals surface area contributed by atoms with E-state index in [1.807, 2.05) is 0 Å². The topological polar surface area (TPSA) is 26.3 Å². The summed E-state index contributed by atoms with van der Waals surface area (Å²) in [4.78, 5) is 11.1. The third-order valence-corrected chi connectivity index (χ3v) is 2.31.